The Bertz CT molecular complexity index is 595. The highest BCUT2D eigenvalue weighted by molar-refractivity contribution is 5.92. The second-order valence-corrected chi connectivity index (χ2v) is 4.70. The predicted molar refractivity (Wildman–Crippen MR) is 80.1 cm³/mol. The molecular formula is C14H20N6O. The topological polar surface area (TPSA) is 84.7 Å². The number of aryl methyl sites for hydroxylation is 1. The number of carbonyl (C=O) groups is 1. The molecule has 0 atom stereocenters. The molecule has 0 radical (unpaired) electrons. The molecule has 0 unspecified atom stereocenters. The van der Waals surface area contributed by atoms with Gasteiger partial charge in [-0.05, 0) is 12.5 Å². The fourth-order valence-electron chi connectivity index (χ4n) is 1.80. The minimum absolute atomic E-state index is 0.224. The summed E-state index contributed by atoms with van der Waals surface area (Å²) in [5.74, 6) is 0.396. The molecule has 0 aliphatic rings. The van der Waals surface area contributed by atoms with Crippen LogP contribution in [0.4, 0.5) is 5.82 Å². The fourth-order valence-corrected chi connectivity index (χ4v) is 1.80. The smallest absolute Gasteiger partial charge is 0.271 e. The summed E-state index contributed by atoms with van der Waals surface area (Å²) in [5.41, 5.74) is 1.26. The van der Waals surface area contributed by atoms with Gasteiger partial charge >= 0.3 is 0 Å². The molecule has 0 saturated carbocycles. The van der Waals surface area contributed by atoms with E-state index in [1.54, 1.807) is 10.9 Å². The molecule has 7 nitrogen and oxygen atoms in total. The highest BCUT2D eigenvalue weighted by Crippen LogP contribution is 2.02. The van der Waals surface area contributed by atoms with Crippen molar-refractivity contribution in [3.63, 3.8) is 0 Å². The molecule has 2 rings (SSSR count). The first-order chi connectivity index (χ1) is 10.2. The molecular weight excluding hydrogens is 268 g/mol. The molecule has 2 aromatic rings. The Morgan fingerprint density at radius 2 is 2.19 bits per heavy atom. The second-order valence-electron chi connectivity index (χ2n) is 4.70. The van der Waals surface area contributed by atoms with Crippen molar-refractivity contribution >= 4 is 11.7 Å². The number of hydrogen-bond donors (Lipinski definition) is 2. The second kappa shape index (κ2) is 7.37. The normalized spacial score (nSPS) is 10.4. The Hall–Kier alpha value is -2.44. The summed E-state index contributed by atoms with van der Waals surface area (Å²) >= 11 is 0. The molecule has 7 heteroatoms. The lowest BCUT2D eigenvalue weighted by Crippen LogP contribution is -2.27. The van der Waals surface area contributed by atoms with Crippen molar-refractivity contribution < 1.29 is 4.79 Å². The number of aromatic nitrogens is 4. The molecule has 0 spiro atoms. The van der Waals surface area contributed by atoms with Gasteiger partial charge in [0.25, 0.3) is 5.91 Å². The monoisotopic (exact) mass is 288 g/mol. The average molecular weight is 288 g/mol. The standard InChI is InChI=1S/C14H20N6O/c1-3-6-16-13-10-15-9-12(18-13)14(21)17-7-4-11-5-8-20(2)19-11/h5,8-10H,3-4,6-7H2,1-2H3,(H,16,18)(H,17,21). The molecule has 2 heterocycles. The van der Waals surface area contributed by atoms with Gasteiger partial charge in [-0.15, -0.1) is 0 Å². The van der Waals surface area contributed by atoms with Gasteiger partial charge in [0.15, 0.2) is 0 Å². The number of carbonyl (C=O) groups excluding carboxylic acids is 1. The van der Waals surface area contributed by atoms with E-state index in [4.69, 9.17) is 0 Å². The number of nitrogens with zero attached hydrogens (tertiary/aromatic N) is 4. The Kier molecular flexibility index (Phi) is 5.25. The van der Waals surface area contributed by atoms with E-state index in [2.05, 4.69) is 32.6 Å². The summed E-state index contributed by atoms with van der Waals surface area (Å²) in [4.78, 5) is 20.3. The minimum atomic E-state index is -0.224. The van der Waals surface area contributed by atoms with Crippen molar-refractivity contribution in [2.75, 3.05) is 18.4 Å². The molecule has 2 aromatic heterocycles. The SMILES string of the molecule is CCCNc1cncc(C(=O)NCCc2ccn(C)n2)n1. The van der Waals surface area contributed by atoms with Crippen LogP contribution >= 0.6 is 0 Å². The molecule has 0 bridgehead atoms. The molecule has 0 fully saturated rings. The molecule has 1 amide bonds. The lowest BCUT2D eigenvalue weighted by Gasteiger charge is -2.06. The third-order valence-corrected chi connectivity index (χ3v) is 2.86. The number of hydrogen-bond acceptors (Lipinski definition) is 5. The van der Waals surface area contributed by atoms with Gasteiger partial charge in [0.2, 0.25) is 0 Å². The zero-order valence-electron chi connectivity index (χ0n) is 12.3. The first-order valence-electron chi connectivity index (χ1n) is 7.01. The van der Waals surface area contributed by atoms with Gasteiger partial charge in [-0.1, -0.05) is 6.92 Å². The van der Waals surface area contributed by atoms with Crippen LogP contribution in [-0.4, -0.2) is 38.7 Å². The predicted octanol–water partition coefficient (Wildman–Crippen LogP) is 1.00. The van der Waals surface area contributed by atoms with Gasteiger partial charge in [0.05, 0.1) is 18.1 Å². The highest BCUT2D eigenvalue weighted by atomic mass is 16.1. The third-order valence-electron chi connectivity index (χ3n) is 2.86. The van der Waals surface area contributed by atoms with Crippen LogP contribution in [0.25, 0.3) is 0 Å². The Morgan fingerprint density at radius 3 is 2.90 bits per heavy atom. The van der Waals surface area contributed by atoms with Crippen molar-refractivity contribution in [2.45, 2.75) is 19.8 Å². The first kappa shape index (κ1) is 15.0. The van der Waals surface area contributed by atoms with Crippen LogP contribution in [0.5, 0.6) is 0 Å². The fraction of sp³-hybridized carbons (Fsp3) is 0.429. The van der Waals surface area contributed by atoms with E-state index in [9.17, 15) is 4.79 Å². The van der Waals surface area contributed by atoms with E-state index < -0.39 is 0 Å². The van der Waals surface area contributed by atoms with Crippen LogP contribution in [0.3, 0.4) is 0 Å². The van der Waals surface area contributed by atoms with E-state index in [0.29, 0.717) is 24.5 Å². The summed E-state index contributed by atoms with van der Waals surface area (Å²) in [6.45, 7) is 3.39. The van der Waals surface area contributed by atoms with Gasteiger partial charge in [0, 0.05) is 32.8 Å². The van der Waals surface area contributed by atoms with Crippen LogP contribution in [-0.2, 0) is 13.5 Å². The van der Waals surface area contributed by atoms with Gasteiger partial charge in [-0.25, -0.2) is 4.98 Å². The molecule has 0 aromatic carbocycles. The summed E-state index contributed by atoms with van der Waals surface area (Å²) in [6.07, 6.45) is 6.63. The van der Waals surface area contributed by atoms with Crippen LogP contribution < -0.4 is 10.6 Å². The molecule has 2 N–H and O–H groups in total. The Morgan fingerprint density at radius 1 is 1.33 bits per heavy atom. The zero-order chi connectivity index (χ0) is 15.1. The van der Waals surface area contributed by atoms with Gasteiger partial charge in [0.1, 0.15) is 11.5 Å². The average Bonchev–Trinajstić information content (AvgIpc) is 2.91. The van der Waals surface area contributed by atoms with Crippen molar-refractivity contribution in [3.05, 3.63) is 36.0 Å². The number of anilines is 1. The van der Waals surface area contributed by atoms with Crippen molar-refractivity contribution in [2.24, 2.45) is 7.05 Å². The van der Waals surface area contributed by atoms with Crippen LogP contribution in [0.2, 0.25) is 0 Å². The molecule has 21 heavy (non-hydrogen) atoms. The Balaban J connectivity index is 1.85. The quantitative estimate of drug-likeness (QED) is 0.794. The van der Waals surface area contributed by atoms with Crippen molar-refractivity contribution in [3.8, 4) is 0 Å². The first-order valence-corrected chi connectivity index (χ1v) is 7.01. The van der Waals surface area contributed by atoms with E-state index in [-0.39, 0.29) is 5.91 Å². The summed E-state index contributed by atoms with van der Waals surface area (Å²) in [5, 5.41) is 10.2. The molecule has 0 aliphatic heterocycles. The third kappa shape index (κ3) is 4.55. The lowest BCUT2D eigenvalue weighted by atomic mass is 10.3. The van der Waals surface area contributed by atoms with Gasteiger partial charge < -0.3 is 10.6 Å². The number of amides is 1. The van der Waals surface area contributed by atoms with Gasteiger partial charge in [-0.3, -0.25) is 14.5 Å². The van der Waals surface area contributed by atoms with Gasteiger partial charge in [-0.2, -0.15) is 5.10 Å². The maximum absolute atomic E-state index is 12.0. The summed E-state index contributed by atoms with van der Waals surface area (Å²) in [6, 6.07) is 1.93. The van der Waals surface area contributed by atoms with Crippen LogP contribution in [0.15, 0.2) is 24.7 Å². The van der Waals surface area contributed by atoms with E-state index in [1.165, 1.54) is 6.20 Å². The van der Waals surface area contributed by atoms with E-state index in [0.717, 1.165) is 18.7 Å². The van der Waals surface area contributed by atoms with Crippen LogP contribution in [0, 0.1) is 0 Å². The highest BCUT2D eigenvalue weighted by Gasteiger charge is 2.08. The van der Waals surface area contributed by atoms with Crippen molar-refractivity contribution in [1.29, 1.82) is 0 Å². The molecule has 112 valence electrons. The maximum atomic E-state index is 12.0. The zero-order valence-corrected chi connectivity index (χ0v) is 12.3. The Labute approximate surface area is 123 Å². The summed E-state index contributed by atoms with van der Waals surface area (Å²) in [7, 11) is 1.87. The maximum Gasteiger partial charge on any atom is 0.271 e. The van der Waals surface area contributed by atoms with Crippen molar-refractivity contribution in [1.82, 2.24) is 25.1 Å². The lowest BCUT2D eigenvalue weighted by molar-refractivity contribution is 0.0949. The largest absolute Gasteiger partial charge is 0.369 e. The molecule has 0 aliphatic carbocycles. The van der Waals surface area contributed by atoms with Crippen LogP contribution in [0.1, 0.15) is 29.5 Å². The van der Waals surface area contributed by atoms with E-state index in [1.807, 2.05) is 19.3 Å². The number of rotatable bonds is 7. The number of nitrogens with one attached hydrogen (secondary N) is 2. The van der Waals surface area contributed by atoms with E-state index >= 15 is 0 Å². The summed E-state index contributed by atoms with van der Waals surface area (Å²) < 4.78 is 1.74. The minimum Gasteiger partial charge on any atom is -0.369 e. The molecule has 0 saturated heterocycles.